The van der Waals surface area contributed by atoms with Crippen LogP contribution in [0.2, 0.25) is 0 Å². The number of unbranched alkanes of at least 4 members (excludes halogenated alkanes) is 11. The largest absolute Gasteiger partial charge is 0.387 e. The van der Waals surface area contributed by atoms with E-state index in [0.29, 0.717) is 0 Å². The van der Waals surface area contributed by atoms with Gasteiger partial charge in [-0.05, 0) is 27.2 Å². The van der Waals surface area contributed by atoms with Crippen LogP contribution in [0, 0.1) is 0 Å². The average molecular weight is 343 g/mol. The van der Waals surface area contributed by atoms with Gasteiger partial charge in [0.1, 0.15) is 12.6 Å². The molecular weight excluding hydrogens is 294 g/mol. The Balaban J connectivity index is 3.43. The smallest absolute Gasteiger partial charge is 0.105 e. The maximum absolute atomic E-state index is 10.3. The lowest BCUT2D eigenvalue weighted by Gasteiger charge is -2.37. The van der Waals surface area contributed by atoms with Crippen LogP contribution in [0.5, 0.6) is 0 Å². The molecule has 2 nitrogen and oxygen atoms in total. The van der Waals surface area contributed by atoms with Crippen LogP contribution in [0.1, 0.15) is 111 Å². The third-order valence-corrected chi connectivity index (χ3v) is 6.00. The molecule has 0 aliphatic carbocycles. The van der Waals surface area contributed by atoms with Gasteiger partial charge in [-0.15, -0.1) is 0 Å². The van der Waals surface area contributed by atoms with Crippen LogP contribution < -0.4 is 0 Å². The van der Waals surface area contributed by atoms with Gasteiger partial charge in [0.15, 0.2) is 0 Å². The van der Waals surface area contributed by atoms with E-state index < -0.39 is 0 Å². The number of hydrogen-bond acceptors (Lipinski definition) is 1. The standard InChI is InChI=1S/C22H48NO/c1-5-9-10-11-12-13-14-15-16-17-18-19-20-22(24)21-23(6-2,7-3)8-4/h22,24H,5-21H2,1-4H3/q+1. The normalized spacial score (nSPS) is 13.4. The van der Waals surface area contributed by atoms with Crippen molar-refractivity contribution in [3.8, 4) is 0 Å². The highest BCUT2D eigenvalue weighted by Gasteiger charge is 2.24. The van der Waals surface area contributed by atoms with Crippen molar-refractivity contribution in [2.75, 3.05) is 26.2 Å². The van der Waals surface area contributed by atoms with E-state index in [4.69, 9.17) is 0 Å². The Kier molecular flexibility index (Phi) is 16.3. The fourth-order valence-corrected chi connectivity index (χ4v) is 3.82. The minimum Gasteiger partial charge on any atom is -0.387 e. The summed E-state index contributed by atoms with van der Waals surface area (Å²) in [6.07, 6.45) is 17.5. The fraction of sp³-hybridized carbons (Fsp3) is 1.00. The first kappa shape index (κ1) is 23.9. The van der Waals surface area contributed by atoms with Gasteiger partial charge in [-0.25, -0.2) is 0 Å². The molecule has 0 bridgehead atoms. The number of quaternary nitrogens is 1. The molecule has 0 amide bonds. The first-order chi connectivity index (χ1) is 11.6. The summed E-state index contributed by atoms with van der Waals surface area (Å²) in [4.78, 5) is 0. The van der Waals surface area contributed by atoms with Crippen molar-refractivity contribution in [3.05, 3.63) is 0 Å². The number of aliphatic hydroxyl groups excluding tert-OH is 1. The molecule has 0 aliphatic heterocycles. The molecule has 1 atom stereocenters. The summed E-state index contributed by atoms with van der Waals surface area (Å²) in [5.41, 5.74) is 0. The number of nitrogens with zero attached hydrogens (tertiary/aromatic N) is 1. The Hall–Kier alpha value is -0.0800. The quantitative estimate of drug-likeness (QED) is 0.228. The summed E-state index contributed by atoms with van der Waals surface area (Å²) in [7, 11) is 0. The average Bonchev–Trinajstić information content (AvgIpc) is 2.60. The second-order valence-electron chi connectivity index (χ2n) is 7.80. The molecule has 0 radical (unpaired) electrons. The van der Waals surface area contributed by atoms with E-state index in [2.05, 4.69) is 27.7 Å². The summed E-state index contributed by atoms with van der Waals surface area (Å²) in [5, 5.41) is 10.3. The van der Waals surface area contributed by atoms with Gasteiger partial charge < -0.3 is 9.59 Å². The molecule has 0 aliphatic rings. The number of hydrogen-bond donors (Lipinski definition) is 1. The van der Waals surface area contributed by atoms with Crippen LogP contribution in [0.15, 0.2) is 0 Å². The predicted molar refractivity (Wildman–Crippen MR) is 108 cm³/mol. The molecule has 0 heterocycles. The van der Waals surface area contributed by atoms with E-state index >= 15 is 0 Å². The monoisotopic (exact) mass is 342 g/mol. The molecule has 0 spiro atoms. The van der Waals surface area contributed by atoms with Crippen LogP contribution in [-0.2, 0) is 0 Å². The van der Waals surface area contributed by atoms with E-state index in [1.165, 1.54) is 77.0 Å². The summed E-state index contributed by atoms with van der Waals surface area (Å²) in [6, 6.07) is 0. The molecule has 0 saturated carbocycles. The Morgan fingerprint density at radius 1 is 0.583 bits per heavy atom. The maximum atomic E-state index is 10.3. The molecular formula is C22H48NO+. The molecule has 0 rings (SSSR count). The van der Waals surface area contributed by atoms with E-state index in [9.17, 15) is 5.11 Å². The zero-order chi connectivity index (χ0) is 18.1. The fourth-order valence-electron chi connectivity index (χ4n) is 3.82. The summed E-state index contributed by atoms with van der Waals surface area (Å²) >= 11 is 0. The lowest BCUT2D eigenvalue weighted by molar-refractivity contribution is -0.926. The third kappa shape index (κ3) is 12.3. The second-order valence-corrected chi connectivity index (χ2v) is 7.80. The summed E-state index contributed by atoms with van der Waals surface area (Å²) in [6.45, 7) is 13.4. The molecule has 1 N–H and O–H groups in total. The molecule has 146 valence electrons. The topological polar surface area (TPSA) is 20.2 Å². The van der Waals surface area contributed by atoms with Crippen molar-refractivity contribution in [1.29, 1.82) is 0 Å². The van der Waals surface area contributed by atoms with Gasteiger partial charge in [0, 0.05) is 0 Å². The van der Waals surface area contributed by atoms with Crippen LogP contribution in [0.3, 0.4) is 0 Å². The maximum Gasteiger partial charge on any atom is 0.105 e. The van der Waals surface area contributed by atoms with Crippen LogP contribution in [0.25, 0.3) is 0 Å². The molecule has 24 heavy (non-hydrogen) atoms. The number of likely N-dealkylation sites (N-methyl/N-ethyl adjacent to an activating group) is 1. The third-order valence-electron chi connectivity index (χ3n) is 6.00. The van der Waals surface area contributed by atoms with E-state index in [0.717, 1.165) is 37.1 Å². The minimum absolute atomic E-state index is 0.104. The number of aliphatic hydroxyl groups is 1. The van der Waals surface area contributed by atoms with Crippen LogP contribution in [-0.4, -0.2) is 41.9 Å². The summed E-state index contributed by atoms with van der Waals surface area (Å²) < 4.78 is 1.07. The van der Waals surface area contributed by atoms with Crippen molar-refractivity contribution in [2.45, 2.75) is 117 Å². The first-order valence-electron chi connectivity index (χ1n) is 11.2. The van der Waals surface area contributed by atoms with Crippen molar-refractivity contribution in [1.82, 2.24) is 0 Å². The van der Waals surface area contributed by atoms with Gasteiger partial charge in [0.2, 0.25) is 0 Å². The zero-order valence-corrected chi connectivity index (χ0v) is 17.5. The first-order valence-corrected chi connectivity index (χ1v) is 11.2. The highest BCUT2D eigenvalue weighted by Crippen LogP contribution is 2.15. The van der Waals surface area contributed by atoms with Crippen molar-refractivity contribution >= 4 is 0 Å². The van der Waals surface area contributed by atoms with Gasteiger partial charge in [-0.1, -0.05) is 84.0 Å². The van der Waals surface area contributed by atoms with E-state index in [1.807, 2.05) is 0 Å². The van der Waals surface area contributed by atoms with Crippen molar-refractivity contribution < 1.29 is 9.59 Å². The van der Waals surface area contributed by atoms with Gasteiger partial charge in [-0.2, -0.15) is 0 Å². The Morgan fingerprint density at radius 3 is 1.33 bits per heavy atom. The Morgan fingerprint density at radius 2 is 0.958 bits per heavy atom. The molecule has 2 heteroatoms. The predicted octanol–water partition coefficient (Wildman–Crippen LogP) is 6.32. The Bertz CT molecular complexity index is 242. The van der Waals surface area contributed by atoms with Crippen LogP contribution in [0.4, 0.5) is 0 Å². The molecule has 0 fully saturated rings. The highest BCUT2D eigenvalue weighted by molar-refractivity contribution is 4.57. The van der Waals surface area contributed by atoms with Gasteiger partial charge >= 0.3 is 0 Å². The van der Waals surface area contributed by atoms with Gasteiger partial charge in [0.05, 0.1) is 19.6 Å². The lowest BCUT2D eigenvalue weighted by atomic mass is 10.0. The molecule has 0 saturated heterocycles. The van der Waals surface area contributed by atoms with E-state index in [-0.39, 0.29) is 6.10 Å². The lowest BCUT2D eigenvalue weighted by Crippen LogP contribution is -2.51. The molecule has 0 aromatic carbocycles. The second kappa shape index (κ2) is 16.4. The Labute approximate surface area is 153 Å². The van der Waals surface area contributed by atoms with Crippen molar-refractivity contribution in [3.63, 3.8) is 0 Å². The molecule has 1 unspecified atom stereocenters. The van der Waals surface area contributed by atoms with E-state index in [1.54, 1.807) is 0 Å². The van der Waals surface area contributed by atoms with Crippen LogP contribution >= 0.6 is 0 Å². The SMILES string of the molecule is CCCCCCCCCCCCCCC(O)C[N+](CC)(CC)CC. The highest BCUT2D eigenvalue weighted by atomic mass is 16.3. The summed E-state index contributed by atoms with van der Waals surface area (Å²) in [5.74, 6) is 0. The van der Waals surface area contributed by atoms with Crippen molar-refractivity contribution in [2.24, 2.45) is 0 Å². The molecule has 0 aromatic heterocycles. The molecule has 0 aromatic rings. The minimum atomic E-state index is -0.104. The van der Waals surface area contributed by atoms with Gasteiger partial charge in [-0.3, -0.25) is 0 Å². The number of rotatable bonds is 18. The zero-order valence-electron chi connectivity index (χ0n) is 17.5. The van der Waals surface area contributed by atoms with Gasteiger partial charge in [0.25, 0.3) is 0 Å².